The summed E-state index contributed by atoms with van der Waals surface area (Å²) in [6.45, 7) is 2.25. The highest BCUT2D eigenvalue weighted by Crippen LogP contribution is 2.39. The number of carbonyl (C=O) groups is 1. The molecule has 0 unspecified atom stereocenters. The van der Waals surface area contributed by atoms with Crippen molar-refractivity contribution in [3.05, 3.63) is 44.3 Å². The first-order valence-corrected chi connectivity index (χ1v) is 10.7. The lowest BCUT2D eigenvalue weighted by molar-refractivity contribution is -0.112. The highest BCUT2D eigenvalue weighted by atomic mass is 35.5. The average Bonchev–Trinajstić information content (AvgIpc) is 3.10. The van der Waals surface area contributed by atoms with Crippen molar-refractivity contribution in [2.45, 2.75) is 32.6 Å². The van der Waals surface area contributed by atoms with E-state index in [0.29, 0.717) is 39.3 Å². The predicted molar refractivity (Wildman–Crippen MR) is 117 cm³/mol. The van der Waals surface area contributed by atoms with Gasteiger partial charge in [0, 0.05) is 4.88 Å². The molecule has 1 amide bonds. The van der Waals surface area contributed by atoms with Crippen LogP contribution < -0.4 is 14.8 Å². The van der Waals surface area contributed by atoms with Crippen molar-refractivity contribution >= 4 is 39.9 Å². The van der Waals surface area contributed by atoms with E-state index in [4.69, 9.17) is 21.1 Å². The molecule has 1 N–H and O–H groups in total. The van der Waals surface area contributed by atoms with Gasteiger partial charge in [0.25, 0.3) is 5.91 Å². The number of thiophene rings is 1. The van der Waals surface area contributed by atoms with Gasteiger partial charge in [0.05, 0.1) is 24.3 Å². The molecule has 6 nitrogen and oxygen atoms in total. The van der Waals surface area contributed by atoms with Gasteiger partial charge in [-0.05, 0) is 61.9 Å². The van der Waals surface area contributed by atoms with Crippen LogP contribution in [0.5, 0.6) is 11.5 Å². The number of amides is 1. The van der Waals surface area contributed by atoms with Crippen LogP contribution in [0.2, 0.25) is 5.02 Å². The summed E-state index contributed by atoms with van der Waals surface area (Å²) in [5, 5.41) is 22.6. The predicted octanol–water partition coefficient (Wildman–Crippen LogP) is 5.10. The summed E-state index contributed by atoms with van der Waals surface area (Å²) in [5.41, 5.74) is 1.95. The Hall–Kier alpha value is -3.00. The Morgan fingerprint density at radius 3 is 2.77 bits per heavy atom. The molecule has 0 saturated heterocycles. The van der Waals surface area contributed by atoms with Crippen molar-refractivity contribution in [2.24, 2.45) is 0 Å². The number of methoxy groups -OCH3 is 1. The fourth-order valence-corrected chi connectivity index (χ4v) is 4.87. The Morgan fingerprint density at radius 2 is 2.10 bits per heavy atom. The molecule has 1 aromatic carbocycles. The monoisotopic (exact) mass is 441 g/mol. The van der Waals surface area contributed by atoms with Gasteiger partial charge in [-0.3, -0.25) is 4.79 Å². The minimum absolute atomic E-state index is 0.104. The summed E-state index contributed by atoms with van der Waals surface area (Å²) in [4.78, 5) is 13.9. The van der Waals surface area contributed by atoms with Gasteiger partial charge in [-0.15, -0.1) is 11.3 Å². The second kappa shape index (κ2) is 9.67. The van der Waals surface area contributed by atoms with E-state index in [0.717, 1.165) is 36.1 Å². The third kappa shape index (κ3) is 4.43. The smallest absolute Gasteiger partial charge is 0.266 e. The molecule has 8 heteroatoms. The van der Waals surface area contributed by atoms with Crippen molar-refractivity contribution in [2.75, 3.05) is 19.0 Å². The highest BCUT2D eigenvalue weighted by molar-refractivity contribution is 7.16. The Balaban J connectivity index is 1.90. The molecule has 1 aromatic heterocycles. The lowest BCUT2D eigenvalue weighted by Gasteiger charge is -2.12. The van der Waals surface area contributed by atoms with E-state index in [9.17, 15) is 15.3 Å². The number of ether oxygens (including phenoxy) is 2. The van der Waals surface area contributed by atoms with Gasteiger partial charge in [0.1, 0.15) is 22.7 Å². The van der Waals surface area contributed by atoms with Crippen molar-refractivity contribution in [1.82, 2.24) is 0 Å². The number of anilines is 1. The SMILES string of the molecule is CCOc1c(Cl)cc(/C=C(\C#N)C(=O)Nc2sc3c(c2C#N)CCCC3)cc1OC. The van der Waals surface area contributed by atoms with Gasteiger partial charge in [-0.2, -0.15) is 10.5 Å². The fourth-order valence-electron chi connectivity index (χ4n) is 3.37. The van der Waals surface area contributed by atoms with E-state index in [-0.39, 0.29) is 5.57 Å². The number of nitrogens with one attached hydrogen (secondary N) is 1. The molecular weight excluding hydrogens is 422 g/mol. The molecule has 0 spiro atoms. The maximum absolute atomic E-state index is 12.7. The summed E-state index contributed by atoms with van der Waals surface area (Å²) >= 11 is 7.69. The van der Waals surface area contributed by atoms with Gasteiger partial charge in [-0.25, -0.2) is 0 Å². The zero-order valence-electron chi connectivity index (χ0n) is 16.7. The highest BCUT2D eigenvalue weighted by Gasteiger charge is 2.23. The lowest BCUT2D eigenvalue weighted by atomic mass is 9.96. The van der Waals surface area contributed by atoms with Crippen LogP contribution in [0.3, 0.4) is 0 Å². The Morgan fingerprint density at radius 1 is 1.33 bits per heavy atom. The van der Waals surface area contributed by atoms with E-state index in [2.05, 4.69) is 11.4 Å². The lowest BCUT2D eigenvalue weighted by Crippen LogP contribution is -2.13. The molecule has 1 aliphatic rings. The Bertz CT molecular complexity index is 1090. The number of carbonyl (C=O) groups excluding carboxylic acids is 1. The average molecular weight is 442 g/mol. The van der Waals surface area contributed by atoms with Crippen LogP contribution in [0.15, 0.2) is 17.7 Å². The van der Waals surface area contributed by atoms with Crippen LogP contribution in [0, 0.1) is 22.7 Å². The molecule has 0 fully saturated rings. The summed E-state index contributed by atoms with van der Waals surface area (Å²) in [7, 11) is 1.49. The molecular formula is C22H20ClN3O3S. The van der Waals surface area contributed by atoms with E-state index >= 15 is 0 Å². The van der Waals surface area contributed by atoms with Crippen molar-refractivity contribution < 1.29 is 14.3 Å². The molecule has 0 aliphatic heterocycles. The van der Waals surface area contributed by atoms with Crippen LogP contribution in [-0.2, 0) is 17.6 Å². The molecule has 0 bridgehead atoms. The maximum atomic E-state index is 12.7. The number of fused-ring (bicyclic) bond motifs is 1. The second-order valence-electron chi connectivity index (χ2n) is 6.62. The van der Waals surface area contributed by atoms with Crippen molar-refractivity contribution in [3.63, 3.8) is 0 Å². The van der Waals surface area contributed by atoms with E-state index in [1.807, 2.05) is 13.0 Å². The third-order valence-electron chi connectivity index (χ3n) is 4.73. The standard InChI is InChI=1S/C22H20ClN3O3S/c1-3-29-20-17(23)9-13(10-18(20)28-2)8-14(11-24)21(27)26-22-16(12-25)15-6-4-5-7-19(15)30-22/h8-10H,3-7H2,1-2H3,(H,26,27)/b14-8+. The van der Waals surface area contributed by atoms with Crippen LogP contribution >= 0.6 is 22.9 Å². The molecule has 1 heterocycles. The number of hydrogen-bond donors (Lipinski definition) is 1. The number of benzene rings is 1. The van der Waals surface area contributed by atoms with Gasteiger partial charge in [0.15, 0.2) is 11.5 Å². The molecule has 154 valence electrons. The minimum atomic E-state index is -0.573. The number of rotatable bonds is 6. The molecule has 3 rings (SSSR count). The molecule has 2 aromatic rings. The quantitative estimate of drug-likeness (QED) is 0.496. The molecule has 30 heavy (non-hydrogen) atoms. The van der Waals surface area contributed by atoms with Crippen LogP contribution in [-0.4, -0.2) is 19.6 Å². The number of aryl methyl sites for hydroxylation is 1. The summed E-state index contributed by atoms with van der Waals surface area (Å²) < 4.78 is 10.8. The molecule has 0 atom stereocenters. The second-order valence-corrected chi connectivity index (χ2v) is 8.13. The van der Waals surface area contributed by atoms with Crippen LogP contribution in [0.1, 0.15) is 41.3 Å². The largest absolute Gasteiger partial charge is 0.493 e. The summed E-state index contributed by atoms with van der Waals surface area (Å²) in [5.74, 6) is 0.243. The number of nitrogens with zero attached hydrogens (tertiary/aromatic N) is 2. The minimum Gasteiger partial charge on any atom is -0.493 e. The van der Waals surface area contributed by atoms with Crippen molar-refractivity contribution in [1.29, 1.82) is 10.5 Å². The van der Waals surface area contributed by atoms with Gasteiger partial charge in [-0.1, -0.05) is 11.6 Å². The van der Waals surface area contributed by atoms with Gasteiger partial charge < -0.3 is 14.8 Å². The molecule has 1 aliphatic carbocycles. The fraction of sp³-hybridized carbons (Fsp3) is 0.318. The first-order valence-electron chi connectivity index (χ1n) is 9.50. The van der Waals surface area contributed by atoms with Crippen LogP contribution in [0.25, 0.3) is 6.08 Å². The molecule has 0 radical (unpaired) electrons. The number of halogens is 1. The van der Waals surface area contributed by atoms with Crippen molar-refractivity contribution in [3.8, 4) is 23.6 Å². The summed E-state index contributed by atoms with van der Waals surface area (Å²) in [6, 6.07) is 7.37. The topological polar surface area (TPSA) is 95.1 Å². The third-order valence-corrected chi connectivity index (χ3v) is 6.21. The zero-order chi connectivity index (χ0) is 21.7. The normalized spacial score (nSPS) is 13.0. The number of hydrogen-bond acceptors (Lipinski definition) is 6. The zero-order valence-corrected chi connectivity index (χ0v) is 18.2. The van der Waals surface area contributed by atoms with Crippen LogP contribution in [0.4, 0.5) is 5.00 Å². The van der Waals surface area contributed by atoms with E-state index in [1.54, 1.807) is 12.1 Å². The first kappa shape index (κ1) is 21.7. The first-order chi connectivity index (χ1) is 14.5. The van der Waals surface area contributed by atoms with Gasteiger partial charge >= 0.3 is 0 Å². The van der Waals surface area contributed by atoms with Gasteiger partial charge in [0.2, 0.25) is 0 Å². The van der Waals surface area contributed by atoms with E-state index in [1.165, 1.54) is 24.5 Å². The van der Waals surface area contributed by atoms with E-state index < -0.39 is 5.91 Å². The summed E-state index contributed by atoms with van der Waals surface area (Å²) in [6.07, 6.45) is 5.30. The maximum Gasteiger partial charge on any atom is 0.266 e. The molecule has 0 saturated carbocycles. The Kier molecular flexibility index (Phi) is 6.99. The Labute approximate surface area is 184 Å². The number of nitriles is 2.